The van der Waals surface area contributed by atoms with E-state index in [4.69, 9.17) is 0 Å². The van der Waals surface area contributed by atoms with Crippen molar-refractivity contribution < 1.29 is 0 Å². The molecule has 0 saturated carbocycles. The second-order valence-corrected chi connectivity index (χ2v) is 14.1. The first-order valence-corrected chi connectivity index (χ1v) is 17.6. The van der Waals surface area contributed by atoms with Gasteiger partial charge in [-0.05, 0) is 52.7 Å². The third kappa shape index (κ3) is 4.07. The van der Waals surface area contributed by atoms with Gasteiger partial charge in [0.2, 0.25) is 0 Å². The average molecular weight is 634 g/mol. The zero-order chi connectivity index (χ0) is 30.9. The molecule has 0 aliphatic rings. The van der Waals surface area contributed by atoms with E-state index in [2.05, 4.69) is 169 Å². The minimum absolute atomic E-state index is 1.15. The molecule has 10 rings (SSSR count). The quantitative estimate of drug-likeness (QED) is 0.186. The normalized spacial score (nSPS) is 11.8. The number of thiophene rings is 2. The van der Waals surface area contributed by atoms with Crippen molar-refractivity contribution in [1.29, 1.82) is 0 Å². The highest BCUT2D eigenvalue weighted by atomic mass is 32.1. The zero-order valence-electron chi connectivity index (χ0n) is 25.4. The highest BCUT2D eigenvalue weighted by Gasteiger charge is 2.22. The van der Waals surface area contributed by atoms with Crippen LogP contribution in [-0.2, 0) is 0 Å². The fourth-order valence-electron chi connectivity index (χ4n) is 7.35. The number of hydrogen-bond acceptors (Lipinski definition) is 3. The molecular weight excluding hydrogens is 607 g/mol. The van der Waals surface area contributed by atoms with Crippen LogP contribution in [0.5, 0.6) is 0 Å². The Morgan fingerprint density at radius 3 is 1.81 bits per heavy atom. The van der Waals surface area contributed by atoms with E-state index in [9.17, 15) is 0 Å². The summed E-state index contributed by atoms with van der Waals surface area (Å²) in [6.07, 6.45) is 0. The predicted octanol–water partition coefficient (Wildman–Crippen LogP) is 13.9. The van der Waals surface area contributed by atoms with E-state index in [1.165, 1.54) is 84.4 Å². The Balaban J connectivity index is 1.28. The lowest BCUT2D eigenvalue weighted by molar-refractivity contribution is 1.32. The molecule has 3 heteroatoms. The summed E-state index contributed by atoms with van der Waals surface area (Å²) in [4.78, 5) is 2.45. The minimum Gasteiger partial charge on any atom is -0.308 e. The van der Waals surface area contributed by atoms with Crippen molar-refractivity contribution in [3.63, 3.8) is 0 Å². The fraction of sp³-hybridized carbons (Fsp3) is 0. The van der Waals surface area contributed by atoms with E-state index in [1.807, 2.05) is 22.7 Å². The number of para-hydroxylation sites is 1. The molecule has 0 fully saturated rings. The van der Waals surface area contributed by atoms with Crippen LogP contribution in [0.25, 0.3) is 73.0 Å². The molecule has 10 aromatic rings. The lowest BCUT2D eigenvalue weighted by atomic mass is 9.94. The highest BCUT2D eigenvalue weighted by Crippen LogP contribution is 2.50. The standard InChI is InChI=1S/C44H27NS2/c1-2-15-29(16-3-1)45(39-24-10-14-28-13-4-5-17-30(28)39)40-25-12-23-36-38-27-37(31-18-6-7-20-33(31)43(38)47-44(36)40)35-22-11-21-34-32-19-8-9-26-41(32)46-42(34)35/h1-27H. The summed E-state index contributed by atoms with van der Waals surface area (Å²) >= 11 is 3.81. The van der Waals surface area contributed by atoms with Crippen molar-refractivity contribution in [2.45, 2.75) is 0 Å². The molecular formula is C44H27NS2. The van der Waals surface area contributed by atoms with Gasteiger partial charge in [-0.2, -0.15) is 0 Å². The van der Waals surface area contributed by atoms with E-state index < -0.39 is 0 Å². The Labute approximate surface area is 280 Å². The average Bonchev–Trinajstić information content (AvgIpc) is 3.71. The molecule has 0 aliphatic carbocycles. The molecule has 8 aromatic carbocycles. The van der Waals surface area contributed by atoms with Crippen molar-refractivity contribution in [3.8, 4) is 11.1 Å². The van der Waals surface area contributed by atoms with Gasteiger partial charge in [-0.25, -0.2) is 0 Å². The van der Waals surface area contributed by atoms with Gasteiger partial charge in [0.25, 0.3) is 0 Å². The van der Waals surface area contributed by atoms with E-state index in [0.717, 1.165) is 5.69 Å². The number of anilines is 3. The van der Waals surface area contributed by atoms with Crippen LogP contribution in [0.2, 0.25) is 0 Å². The first-order valence-electron chi connectivity index (χ1n) is 15.9. The van der Waals surface area contributed by atoms with E-state index >= 15 is 0 Å². The fourth-order valence-corrected chi connectivity index (χ4v) is 9.90. The minimum atomic E-state index is 1.15. The van der Waals surface area contributed by atoms with Crippen LogP contribution < -0.4 is 4.90 Å². The lowest BCUT2D eigenvalue weighted by Gasteiger charge is -2.27. The Morgan fingerprint density at radius 2 is 0.936 bits per heavy atom. The van der Waals surface area contributed by atoms with Crippen LogP contribution in [0.4, 0.5) is 17.1 Å². The largest absolute Gasteiger partial charge is 0.308 e. The van der Waals surface area contributed by atoms with Gasteiger partial charge in [-0.15, -0.1) is 22.7 Å². The summed E-state index contributed by atoms with van der Waals surface area (Å²) in [7, 11) is 0. The van der Waals surface area contributed by atoms with Gasteiger partial charge < -0.3 is 4.90 Å². The summed E-state index contributed by atoms with van der Waals surface area (Å²) in [5.41, 5.74) is 6.13. The molecule has 0 atom stereocenters. The number of rotatable bonds is 4. The summed E-state index contributed by atoms with van der Waals surface area (Å²) in [5, 5.41) is 10.3. The molecule has 0 spiro atoms. The molecule has 0 unspecified atom stereocenters. The number of fused-ring (bicyclic) bond motifs is 9. The topological polar surface area (TPSA) is 3.24 Å². The zero-order valence-corrected chi connectivity index (χ0v) is 27.0. The highest BCUT2D eigenvalue weighted by molar-refractivity contribution is 7.27. The second kappa shape index (κ2) is 10.5. The monoisotopic (exact) mass is 633 g/mol. The van der Waals surface area contributed by atoms with Crippen molar-refractivity contribution in [1.82, 2.24) is 0 Å². The van der Waals surface area contributed by atoms with Gasteiger partial charge in [0.15, 0.2) is 0 Å². The van der Waals surface area contributed by atoms with Crippen LogP contribution in [0, 0.1) is 0 Å². The van der Waals surface area contributed by atoms with Gasteiger partial charge in [-0.1, -0.05) is 127 Å². The van der Waals surface area contributed by atoms with Gasteiger partial charge in [0.1, 0.15) is 0 Å². The summed E-state index contributed by atoms with van der Waals surface area (Å²) in [6.45, 7) is 0. The van der Waals surface area contributed by atoms with Crippen molar-refractivity contribution >= 4 is 102 Å². The Hall–Kier alpha value is -5.48. The molecule has 2 aromatic heterocycles. The Bertz CT molecular complexity index is 2800. The first kappa shape index (κ1) is 26.7. The number of hydrogen-bond donors (Lipinski definition) is 0. The molecule has 2 heterocycles. The lowest BCUT2D eigenvalue weighted by Crippen LogP contribution is -2.10. The van der Waals surface area contributed by atoms with Crippen molar-refractivity contribution in [2.75, 3.05) is 4.90 Å². The van der Waals surface area contributed by atoms with E-state index in [1.54, 1.807) is 0 Å². The molecule has 220 valence electrons. The third-order valence-electron chi connectivity index (χ3n) is 9.44. The Kier molecular flexibility index (Phi) is 5.98. The van der Waals surface area contributed by atoms with Gasteiger partial charge in [0, 0.05) is 57.7 Å². The van der Waals surface area contributed by atoms with Gasteiger partial charge in [-0.3, -0.25) is 0 Å². The maximum absolute atomic E-state index is 2.46. The van der Waals surface area contributed by atoms with Crippen LogP contribution >= 0.6 is 22.7 Å². The molecule has 0 amide bonds. The third-order valence-corrected chi connectivity index (χ3v) is 11.9. The molecule has 1 nitrogen and oxygen atoms in total. The smallest absolute Gasteiger partial charge is 0.0640 e. The molecule has 47 heavy (non-hydrogen) atoms. The maximum Gasteiger partial charge on any atom is 0.0640 e. The van der Waals surface area contributed by atoms with Crippen LogP contribution in [0.3, 0.4) is 0 Å². The second-order valence-electron chi connectivity index (χ2n) is 12.1. The first-order chi connectivity index (χ1) is 23.3. The van der Waals surface area contributed by atoms with E-state index in [-0.39, 0.29) is 0 Å². The molecule has 0 bridgehead atoms. The Morgan fingerprint density at radius 1 is 0.340 bits per heavy atom. The molecule has 0 radical (unpaired) electrons. The van der Waals surface area contributed by atoms with Crippen LogP contribution in [0.1, 0.15) is 0 Å². The maximum atomic E-state index is 2.46. The van der Waals surface area contributed by atoms with Crippen molar-refractivity contribution in [3.05, 3.63) is 164 Å². The summed E-state index contributed by atoms with van der Waals surface area (Å²) < 4.78 is 5.31. The summed E-state index contributed by atoms with van der Waals surface area (Å²) in [6, 6.07) is 60.0. The van der Waals surface area contributed by atoms with Crippen molar-refractivity contribution in [2.24, 2.45) is 0 Å². The predicted molar refractivity (Wildman–Crippen MR) is 207 cm³/mol. The number of benzene rings is 8. The molecule has 0 N–H and O–H groups in total. The van der Waals surface area contributed by atoms with Crippen LogP contribution in [-0.4, -0.2) is 0 Å². The van der Waals surface area contributed by atoms with Gasteiger partial charge in [0.05, 0.1) is 16.1 Å². The molecule has 0 saturated heterocycles. The van der Waals surface area contributed by atoms with Crippen LogP contribution in [0.15, 0.2) is 164 Å². The van der Waals surface area contributed by atoms with Gasteiger partial charge >= 0.3 is 0 Å². The number of nitrogens with zero attached hydrogens (tertiary/aromatic N) is 1. The SMILES string of the molecule is c1ccc(N(c2cccc3ccccc23)c2cccc3c2sc2c4ccccc4c(-c4cccc5c4sc4ccccc45)cc32)cc1. The van der Waals surface area contributed by atoms with E-state index in [0.29, 0.717) is 0 Å². The summed E-state index contributed by atoms with van der Waals surface area (Å²) in [5.74, 6) is 0. The molecule has 0 aliphatic heterocycles.